The Kier molecular flexibility index (Phi) is 7.74. The lowest BCUT2D eigenvalue weighted by molar-refractivity contribution is -0.137. The van der Waals surface area contributed by atoms with E-state index < -0.39 is 0 Å². The van der Waals surface area contributed by atoms with Crippen LogP contribution in [0.15, 0.2) is 29.2 Å². The lowest BCUT2D eigenvalue weighted by Gasteiger charge is -2.29. The van der Waals surface area contributed by atoms with Gasteiger partial charge in [0.1, 0.15) is 0 Å². The summed E-state index contributed by atoms with van der Waals surface area (Å²) in [5.41, 5.74) is 7.16. The number of hydrogen-bond acceptors (Lipinski definition) is 3. The van der Waals surface area contributed by atoms with E-state index in [2.05, 4.69) is 44.4 Å². The van der Waals surface area contributed by atoms with Crippen LogP contribution in [-0.4, -0.2) is 29.1 Å². The quantitative estimate of drug-likeness (QED) is 0.830. The van der Waals surface area contributed by atoms with Gasteiger partial charge in [-0.25, -0.2) is 0 Å². The van der Waals surface area contributed by atoms with Crippen LogP contribution in [0.4, 0.5) is 0 Å². The van der Waals surface area contributed by atoms with Crippen molar-refractivity contribution in [2.45, 2.75) is 56.6 Å². The summed E-state index contributed by atoms with van der Waals surface area (Å²) in [7, 11) is 0. The number of benzene rings is 1. The van der Waals surface area contributed by atoms with Gasteiger partial charge in [-0.3, -0.25) is 4.79 Å². The second-order valence-corrected chi connectivity index (χ2v) is 7.06. The Hall–Kier alpha value is -0.710. The van der Waals surface area contributed by atoms with Crippen LogP contribution < -0.4 is 5.73 Å². The van der Waals surface area contributed by atoms with Gasteiger partial charge in [0.05, 0.1) is 0 Å². The van der Waals surface area contributed by atoms with Crippen molar-refractivity contribution in [3.8, 4) is 0 Å². The first kappa shape index (κ1) is 19.3. The summed E-state index contributed by atoms with van der Waals surface area (Å²) < 4.78 is 0. The molecule has 0 aliphatic heterocycles. The van der Waals surface area contributed by atoms with Crippen LogP contribution >= 0.6 is 24.2 Å². The smallest absolute Gasteiger partial charge is 0.226 e. The van der Waals surface area contributed by atoms with Crippen LogP contribution in [0.1, 0.15) is 38.7 Å². The molecule has 1 aromatic carbocycles. The number of nitrogens with zero attached hydrogens (tertiary/aromatic N) is 1. The predicted octanol–water partition coefficient (Wildman–Crippen LogP) is 3.69. The van der Waals surface area contributed by atoms with Crippen molar-refractivity contribution < 1.29 is 4.79 Å². The average molecular weight is 343 g/mol. The molecule has 1 amide bonds. The Morgan fingerprint density at radius 1 is 1.41 bits per heavy atom. The van der Waals surface area contributed by atoms with E-state index in [1.54, 1.807) is 11.8 Å². The maximum atomic E-state index is 12.8. The zero-order valence-electron chi connectivity index (χ0n) is 13.6. The lowest BCUT2D eigenvalue weighted by Crippen LogP contribution is -2.40. The fraction of sp³-hybridized carbons (Fsp3) is 0.588. The third-order valence-electron chi connectivity index (χ3n) is 4.22. The van der Waals surface area contributed by atoms with Crippen LogP contribution in [-0.2, 0) is 11.3 Å². The Labute approximate surface area is 144 Å². The first-order valence-corrected chi connectivity index (χ1v) is 8.92. The number of carbonyl (C=O) groups is 1. The highest BCUT2D eigenvalue weighted by atomic mass is 35.5. The van der Waals surface area contributed by atoms with Crippen molar-refractivity contribution in [1.82, 2.24) is 4.90 Å². The van der Waals surface area contributed by atoms with Crippen LogP contribution in [0.3, 0.4) is 0 Å². The molecule has 1 fully saturated rings. The highest BCUT2D eigenvalue weighted by Gasteiger charge is 2.32. The monoisotopic (exact) mass is 342 g/mol. The van der Waals surface area contributed by atoms with Crippen molar-refractivity contribution >= 4 is 30.1 Å². The van der Waals surface area contributed by atoms with Crippen molar-refractivity contribution in [3.05, 3.63) is 29.8 Å². The van der Waals surface area contributed by atoms with Crippen LogP contribution in [0, 0.1) is 5.92 Å². The summed E-state index contributed by atoms with van der Waals surface area (Å²) in [5.74, 6) is 0.388. The van der Waals surface area contributed by atoms with Gasteiger partial charge in [-0.05, 0) is 57.1 Å². The minimum absolute atomic E-state index is 0. The Bertz CT molecular complexity index is 495. The van der Waals surface area contributed by atoms with E-state index in [9.17, 15) is 4.79 Å². The number of nitrogens with two attached hydrogens (primary N) is 1. The Balaban J connectivity index is 0.00000242. The molecule has 2 rings (SSSR count). The van der Waals surface area contributed by atoms with E-state index in [1.807, 2.05) is 4.90 Å². The SMILES string of the molecule is CSc1cccc(CN(C(=O)[C@H]2CC[C@@H](N)C2)C(C)C)c1.Cl. The Morgan fingerprint density at radius 3 is 2.68 bits per heavy atom. The van der Waals surface area contributed by atoms with Crippen molar-refractivity contribution in [1.29, 1.82) is 0 Å². The molecule has 1 aromatic rings. The molecule has 0 saturated heterocycles. The second kappa shape index (κ2) is 8.80. The van der Waals surface area contributed by atoms with Crippen LogP contribution in [0.25, 0.3) is 0 Å². The van der Waals surface area contributed by atoms with Gasteiger partial charge in [0.25, 0.3) is 0 Å². The molecule has 1 aliphatic carbocycles. The minimum atomic E-state index is 0. The van der Waals surface area contributed by atoms with E-state index in [0.717, 1.165) is 19.3 Å². The normalized spacial score (nSPS) is 20.8. The van der Waals surface area contributed by atoms with E-state index >= 15 is 0 Å². The summed E-state index contributed by atoms with van der Waals surface area (Å²) in [6.45, 7) is 4.87. The molecule has 0 unspecified atom stereocenters. The molecule has 0 spiro atoms. The van der Waals surface area contributed by atoms with Crippen molar-refractivity contribution in [3.63, 3.8) is 0 Å². The number of amides is 1. The van der Waals surface area contributed by atoms with Crippen LogP contribution in [0.5, 0.6) is 0 Å². The first-order chi connectivity index (χ1) is 10.0. The highest BCUT2D eigenvalue weighted by Crippen LogP contribution is 2.27. The molecule has 0 aromatic heterocycles. The molecule has 2 N–H and O–H groups in total. The van der Waals surface area contributed by atoms with Gasteiger partial charge >= 0.3 is 0 Å². The molecule has 1 saturated carbocycles. The number of rotatable bonds is 5. The molecule has 0 radical (unpaired) electrons. The minimum Gasteiger partial charge on any atom is -0.336 e. The van der Waals surface area contributed by atoms with Crippen molar-refractivity contribution in [2.75, 3.05) is 6.26 Å². The molecule has 0 bridgehead atoms. The third kappa shape index (κ3) is 4.90. The fourth-order valence-electron chi connectivity index (χ4n) is 2.96. The molecule has 2 atom stereocenters. The molecule has 124 valence electrons. The summed E-state index contributed by atoms with van der Waals surface area (Å²) in [6, 6.07) is 8.86. The molecule has 5 heteroatoms. The Morgan fingerprint density at radius 2 is 2.14 bits per heavy atom. The number of carbonyl (C=O) groups excluding carboxylic acids is 1. The van der Waals surface area contributed by atoms with Gasteiger partial charge in [-0.15, -0.1) is 24.2 Å². The van der Waals surface area contributed by atoms with Crippen LogP contribution in [0.2, 0.25) is 0 Å². The number of hydrogen-bond donors (Lipinski definition) is 1. The van der Waals surface area contributed by atoms with Gasteiger partial charge in [0.2, 0.25) is 5.91 Å². The second-order valence-electron chi connectivity index (χ2n) is 6.18. The first-order valence-electron chi connectivity index (χ1n) is 7.70. The topological polar surface area (TPSA) is 46.3 Å². The maximum absolute atomic E-state index is 12.8. The zero-order valence-corrected chi connectivity index (χ0v) is 15.3. The molecule has 22 heavy (non-hydrogen) atoms. The zero-order chi connectivity index (χ0) is 15.4. The largest absolute Gasteiger partial charge is 0.336 e. The number of thioether (sulfide) groups is 1. The predicted molar refractivity (Wildman–Crippen MR) is 96.5 cm³/mol. The van der Waals surface area contributed by atoms with Gasteiger partial charge < -0.3 is 10.6 Å². The number of halogens is 1. The van der Waals surface area contributed by atoms with E-state index in [4.69, 9.17) is 5.73 Å². The van der Waals surface area contributed by atoms with Gasteiger partial charge in [0.15, 0.2) is 0 Å². The van der Waals surface area contributed by atoms with Gasteiger partial charge in [-0.2, -0.15) is 0 Å². The van der Waals surface area contributed by atoms with E-state index in [-0.39, 0.29) is 36.3 Å². The third-order valence-corrected chi connectivity index (χ3v) is 4.94. The molecular weight excluding hydrogens is 316 g/mol. The summed E-state index contributed by atoms with van der Waals surface area (Å²) >= 11 is 1.73. The highest BCUT2D eigenvalue weighted by molar-refractivity contribution is 7.98. The standard InChI is InChI=1S/C17H26N2OS.ClH/c1-12(2)19(17(20)14-7-8-15(18)10-14)11-13-5-4-6-16(9-13)21-3;/h4-6,9,12,14-15H,7-8,10-11,18H2,1-3H3;1H/t14-,15+;/m0./s1. The van der Waals surface area contributed by atoms with Crippen molar-refractivity contribution in [2.24, 2.45) is 11.7 Å². The maximum Gasteiger partial charge on any atom is 0.226 e. The molecule has 3 nitrogen and oxygen atoms in total. The van der Waals surface area contributed by atoms with E-state index in [1.165, 1.54) is 10.5 Å². The molecular formula is C17H27ClN2OS. The molecule has 1 aliphatic rings. The van der Waals surface area contributed by atoms with E-state index in [0.29, 0.717) is 6.54 Å². The summed E-state index contributed by atoms with van der Waals surface area (Å²) in [5, 5.41) is 0. The fourth-order valence-corrected chi connectivity index (χ4v) is 3.44. The lowest BCUT2D eigenvalue weighted by atomic mass is 10.0. The van der Waals surface area contributed by atoms with Gasteiger partial charge in [0, 0.05) is 29.4 Å². The van der Waals surface area contributed by atoms with Gasteiger partial charge in [-0.1, -0.05) is 12.1 Å². The average Bonchev–Trinajstić information content (AvgIpc) is 2.90. The summed E-state index contributed by atoms with van der Waals surface area (Å²) in [4.78, 5) is 16.0. The summed E-state index contributed by atoms with van der Waals surface area (Å²) in [6.07, 6.45) is 4.83. The molecule has 0 heterocycles.